The Bertz CT molecular complexity index is 3280. The Hall–Kier alpha value is -7.41. The molecule has 0 amide bonds. The molecule has 3 heterocycles. The summed E-state index contributed by atoms with van der Waals surface area (Å²) in [6.07, 6.45) is 0. The molecule has 0 saturated carbocycles. The van der Waals surface area contributed by atoms with Crippen LogP contribution in [0.15, 0.2) is 210 Å². The minimum Gasteiger partial charge on any atom is -0.309 e. The molecular formula is C52H33N3O2S. The molecule has 0 aliphatic carbocycles. The molecule has 0 spiro atoms. The third-order valence-corrected chi connectivity index (χ3v) is 13.0. The predicted molar refractivity (Wildman–Crippen MR) is 234 cm³/mol. The third-order valence-electron chi connectivity index (χ3n) is 11.2. The van der Waals surface area contributed by atoms with Crippen LogP contribution in [0.3, 0.4) is 0 Å². The van der Waals surface area contributed by atoms with Crippen LogP contribution in [0.2, 0.25) is 0 Å². The average molecular weight is 764 g/mol. The van der Waals surface area contributed by atoms with Crippen LogP contribution in [0.4, 0.5) is 0 Å². The van der Waals surface area contributed by atoms with Gasteiger partial charge in [-0.2, -0.15) is 0 Å². The molecule has 1 aliphatic heterocycles. The van der Waals surface area contributed by atoms with Crippen LogP contribution in [0.5, 0.6) is 0 Å². The summed E-state index contributed by atoms with van der Waals surface area (Å²) in [5, 5.41) is 2.30. The standard InChI is InChI=1S/C52H33N3O2S/c56-58(57)50-21-10-8-19-43(50)44-28-26-40(32-51(44)58)38-16-11-17-41(30-38)55-48-20-9-7-18-42(48)45-31-39(27-29-49(45)55)34-22-24-37(25-23-34)52-53-46(35-12-3-1-4-13-35)33-47(54-52)36-14-5-2-6-15-36/h1-33H. The largest absolute Gasteiger partial charge is 0.309 e. The molecule has 0 unspecified atom stereocenters. The maximum Gasteiger partial charge on any atom is 0.207 e. The van der Waals surface area contributed by atoms with Crippen molar-refractivity contribution in [3.63, 3.8) is 0 Å². The Morgan fingerprint density at radius 3 is 1.67 bits per heavy atom. The molecule has 2 aromatic heterocycles. The number of rotatable bonds is 6. The molecule has 5 nitrogen and oxygen atoms in total. The van der Waals surface area contributed by atoms with Gasteiger partial charge in [-0.3, -0.25) is 0 Å². The molecule has 1 aliphatic rings. The van der Waals surface area contributed by atoms with Gasteiger partial charge >= 0.3 is 0 Å². The summed E-state index contributed by atoms with van der Waals surface area (Å²) in [4.78, 5) is 10.8. The van der Waals surface area contributed by atoms with E-state index in [0.29, 0.717) is 15.6 Å². The maximum absolute atomic E-state index is 13.5. The normalized spacial score (nSPS) is 12.8. The van der Waals surface area contributed by atoms with E-state index in [1.807, 2.05) is 78.9 Å². The van der Waals surface area contributed by atoms with Crippen molar-refractivity contribution >= 4 is 31.6 Å². The van der Waals surface area contributed by atoms with Crippen LogP contribution < -0.4 is 0 Å². The van der Waals surface area contributed by atoms with Crippen molar-refractivity contribution in [1.82, 2.24) is 14.5 Å². The second-order valence-electron chi connectivity index (χ2n) is 14.6. The maximum atomic E-state index is 13.5. The van der Waals surface area contributed by atoms with Gasteiger partial charge in [0.25, 0.3) is 0 Å². The van der Waals surface area contributed by atoms with Gasteiger partial charge < -0.3 is 4.57 Å². The SMILES string of the molecule is O=S1(=O)c2ccccc2-c2ccc(-c3cccc(-n4c5ccccc5c5cc(-c6ccc(-c7nc(-c8ccccc8)cc(-c8ccccc8)n7)cc6)ccc54)c3)cc21. The van der Waals surface area contributed by atoms with Crippen molar-refractivity contribution in [2.24, 2.45) is 0 Å². The molecule has 0 atom stereocenters. The van der Waals surface area contributed by atoms with Crippen molar-refractivity contribution in [3.8, 4) is 73.0 Å². The Morgan fingerprint density at radius 1 is 0.362 bits per heavy atom. The van der Waals surface area contributed by atoms with Crippen molar-refractivity contribution in [1.29, 1.82) is 0 Å². The van der Waals surface area contributed by atoms with E-state index in [2.05, 4.69) is 114 Å². The Kier molecular flexibility index (Phi) is 7.81. The summed E-state index contributed by atoms with van der Waals surface area (Å²) in [6, 6.07) is 67.5. The Labute approximate surface area is 336 Å². The van der Waals surface area contributed by atoms with Gasteiger partial charge in [-0.25, -0.2) is 18.4 Å². The molecule has 0 radical (unpaired) electrons. The quantitative estimate of drug-likeness (QED) is 0.169. The third kappa shape index (κ3) is 5.57. The first-order chi connectivity index (χ1) is 28.5. The second kappa shape index (κ2) is 13.4. The molecule has 6 heteroatoms. The highest BCUT2D eigenvalue weighted by Gasteiger charge is 2.32. The van der Waals surface area contributed by atoms with Crippen LogP contribution in [0.1, 0.15) is 0 Å². The van der Waals surface area contributed by atoms with Gasteiger partial charge in [-0.15, -0.1) is 0 Å². The van der Waals surface area contributed by atoms with Gasteiger partial charge in [0.2, 0.25) is 9.84 Å². The number of para-hydroxylation sites is 1. The first kappa shape index (κ1) is 33.9. The minimum atomic E-state index is -3.59. The fourth-order valence-electron chi connectivity index (χ4n) is 8.35. The molecule has 11 rings (SSSR count). The van der Waals surface area contributed by atoms with E-state index in [1.165, 1.54) is 0 Å². The second-order valence-corrected chi connectivity index (χ2v) is 16.5. The van der Waals surface area contributed by atoms with E-state index in [9.17, 15) is 8.42 Å². The Balaban J connectivity index is 0.962. The monoisotopic (exact) mass is 763 g/mol. The van der Waals surface area contributed by atoms with E-state index in [-0.39, 0.29) is 0 Å². The van der Waals surface area contributed by atoms with E-state index in [0.717, 1.165) is 89.0 Å². The van der Waals surface area contributed by atoms with Gasteiger partial charge in [0.1, 0.15) is 0 Å². The zero-order chi connectivity index (χ0) is 38.8. The number of sulfone groups is 1. The molecule has 58 heavy (non-hydrogen) atoms. The van der Waals surface area contributed by atoms with Gasteiger partial charge in [0.05, 0.1) is 32.2 Å². The van der Waals surface area contributed by atoms with Crippen LogP contribution in [-0.4, -0.2) is 23.0 Å². The van der Waals surface area contributed by atoms with Crippen LogP contribution >= 0.6 is 0 Å². The zero-order valence-electron chi connectivity index (χ0n) is 31.1. The summed E-state index contributed by atoms with van der Waals surface area (Å²) in [7, 11) is -3.59. The number of hydrogen-bond acceptors (Lipinski definition) is 4. The minimum absolute atomic E-state index is 0.360. The predicted octanol–water partition coefficient (Wildman–Crippen LogP) is 12.7. The Morgan fingerprint density at radius 2 is 0.914 bits per heavy atom. The molecule has 0 fully saturated rings. The molecule has 0 N–H and O–H groups in total. The topological polar surface area (TPSA) is 64.8 Å². The first-order valence-electron chi connectivity index (χ1n) is 19.2. The molecule has 10 aromatic rings. The highest BCUT2D eigenvalue weighted by Crippen LogP contribution is 2.45. The summed E-state index contributed by atoms with van der Waals surface area (Å²) in [6.45, 7) is 0. The molecule has 274 valence electrons. The van der Waals surface area contributed by atoms with E-state index in [1.54, 1.807) is 12.1 Å². The first-order valence-corrected chi connectivity index (χ1v) is 20.7. The molecule has 0 saturated heterocycles. The van der Waals surface area contributed by atoms with Crippen molar-refractivity contribution in [2.45, 2.75) is 9.79 Å². The van der Waals surface area contributed by atoms with Gasteiger partial charge in [0, 0.05) is 44.3 Å². The highest BCUT2D eigenvalue weighted by atomic mass is 32.2. The summed E-state index contributed by atoms with van der Waals surface area (Å²) < 4.78 is 29.4. The smallest absolute Gasteiger partial charge is 0.207 e. The van der Waals surface area contributed by atoms with Crippen molar-refractivity contribution in [2.75, 3.05) is 0 Å². The summed E-state index contributed by atoms with van der Waals surface area (Å²) in [5.74, 6) is 0.680. The van der Waals surface area contributed by atoms with Crippen LogP contribution in [0, 0.1) is 0 Å². The zero-order valence-corrected chi connectivity index (χ0v) is 31.9. The number of aromatic nitrogens is 3. The van der Waals surface area contributed by atoms with Crippen LogP contribution in [0.25, 0.3) is 94.8 Å². The molecule has 8 aromatic carbocycles. The van der Waals surface area contributed by atoms with E-state index < -0.39 is 9.84 Å². The lowest BCUT2D eigenvalue weighted by Crippen LogP contribution is -1.97. The highest BCUT2D eigenvalue weighted by molar-refractivity contribution is 7.92. The summed E-state index contributed by atoms with van der Waals surface area (Å²) >= 11 is 0. The van der Waals surface area contributed by atoms with E-state index >= 15 is 0 Å². The number of fused-ring (bicyclic) bond motifs is 6. The number of nitrogens with zero attached hydrogens (tertiary/aromatic N) is 3. The lowest BCUT2D eigenvalue weighted by molar-refractivity contribution is 0.598. The fraction of sp³-hybridized carbons (Fsp3) is 0. The molecule has 0 bridgehead atoms. The average Bonchev–Trinajstić information content (AvgIpc) is 3.74. The number of hydrogen-bond donors (Lipinski definition) is 0. The van der Waals surface area contributed by atoms with Crippen molar-refractivity contribution in [3.05, 3.63) is 200 Å². The number of benzene rings is 8. The fourth-order valence-corrected chi connectivity index (χ4v) is 10.1. The lowest BCUT2D eigenvalue weighted by atomic mass is 10.00. The van der Waals surface area contributed by atoms with Crippen molar-refractivity contribution < 1.29 is 8.42 Å². The van der Waals surface area contributed by atoms with E-state index in [4.69, 9.17) is 9.97 Å². The van der Waals surface area contributed by atoms with Crippen LogP contribution in [-0.2, 0) is 9.84 Å². The molecular weight excluding hydrogens is 731 g/mol. The van der Waals surface area contributed by atoms with Gasteiger partial charge in [-0.1, -0.05) is 152 Å². The lowest BCUT2D eigenvalue weighted by Gasteiger charge is -2.12. The summed E-state index contributed by atoms with van der Waals surface area (Å²) in [5.41, 5.74) is 13.5. The van der Waals surface area contributed by atoms with Gasteiger partial charge in [0.15, 0.2) is 5.82 Å². The van der Waals surface area contributed by atoms with Gasteiger partial charge in [-0.05, 0) is 70.8 Å².